The molecule has 0 unspecified atom stereocenters. The summed E-state index contributed by atoms with van der Waals surface area (Å²) in [5.74, 6) is 1.70. The van der Waals surface area contributed by atoms with Gasteiger partial charge in [0.05, 0.1) is 22.1 Å². The molecule has 5 aromatic carbocycles. The van der Waals surface area contributed by atoms with Crippen molar-refractivity contribution in [1.82, 2.24) is 19.9 Å². The molecular weight excluding hydrogens is 614 g/mol. The van der Waals surface area contributed by atoms with Crippen molar-refractivity contribution in [3.05, 3.63) is 124 Å². The highest BCUT2D eigenvalue weighted by Gasteiger charge is 2.14. The number of fused-ring (bicyclic) bond motifs is 2. The lowest BCUT2D eigenvalue weighted by Gasteiger charge is -2.25. The molecule has 0 radical (unpaired) electrons. The van der Waals surface area contributed by atoms with Gasteiger partial charge in [-0.3, -0.25) is 0 Å². The van der Waals surface area contributed by atoms with Crippen LogP contribution in [0, 0.1) is 0 Å². The van der Waals surface area contributed by atoms with Crippen LogP contribution in [-0.2, 0) is 0 Å². The molecule has 0 aliphatic carbocycles. The van der Waals surface area contributed by atoms with Gasteiger partial charge in [-0.25, -0.2) is 9.97 Å². The lowest BCUT2D eigenvalue weighted by Crippen LogP contribution is -2.09. The van der Waals surface area contributed by atoms with E-state index in [1.807, 2.05) is 42.5 Å². The number of halogens is 2. The van der Waals surface area contributed by atoms with Crippen molar-refractivity contribution in [3.8, 4) is 22.8 Å². The van der Waals surface area contributed by atoms with E-state index in [4.69, 9.17) is 9.97 Å². The Morgan fingerprint density at radius 2 is 1.03 bits per heavy atom. The fourth-order valence-electron chi connectivity index (χ4n) is 4.80. The number of nitrogens with zero attached hydrogens (tertiary/aromatic N) is 3. The van der Waals surface area contributed by atoms with E-state index in [-0.39, 0.29) is 0 Å². The molecule has 7 heteroatoms. The van der Waals surface area contributed by atoms with Crippen LogP contribution in [0.5, 0.6) is 0 Å². The summed E-state index contributed by atoms with van der Waals surface area (Å²) in [5, 5.41) is 0. The first-order valence-electron chi connectivity index (χ1n) is 12.5. The van der Waals surface area contributed by atoms with Gasteiger partial charge in [0.15, 0.2) is 0 Å². The zero-order valence-corrected chi connectivity index (χ0v) is 23.7. The summed E-state index contributed by atoms with van der Waals surface area (Å²) >= 11 is 7.07. The summed E-state index contributed by atoms with van der Waals surface area (Å²) in [7, 11) is 0. The quantitative estimate of drug-likeness (QED) is 0.198. The molecule has 0 saturated heterocycles. The van der Waals surface area contributed by atoms with E-state index in [9.17, 15) is 0 Å². The maximum Gasteiger partial charge on any atom is 0.138 e. The first-order chi connectivity index (χ1) is 19.1. The van der Waals surface area contributed by atoms with Crippen molar-refractivity contribution in [1.29, 1.82) is 0 Å². The molecule has 0 amide bonds. The van der Waals surface area contributed by atoms with Crippen molar-refractivity contribution in [2.45, 2.75) is 0 Å². The Kier molecular flexibility index (Phi) is 6.02. The Bertz CT molecular complexity index is 1800. The van der Waals surface area contributed by atoms with Gasteiger partial charge in [0, 0.05) is 37.1 Å². The summed E-state index contributed by atoms with van der Waals surface area (Å²) in [4.78, 5) is 18.7. The molecular formula is C32H21Br2N5. The topological polar surface area (TPSA) is 60.6 Å². The van der Waals surface area contributed by atoms with E-state index in [0.717, 1.165) is 70.9 Å². The SMILES string of the molecule is Brc1ccc2[nH]c(-c3ccc(N(c4ccccc4)c4ccc(-c5nc6ccc(Br)cc6[nH]5)cc4)cc3)nc2c1. The maximum atomic E-state index is 4.78. The van der Waals surface area contributed by atoms with Crippen LogP contribution in [0.3, 0.4) is 0 Å². The highest BCUT2D eigenvalue weighted by molar-refractivity contribution is 9.10. The van der Waals surface area contributed by atoms with Crippen LogP contribution in [0.25, 0.3) is 44.8 Å². The number of hydrogen-bond donors (Lipinski definition) is 2. The average Bonchev–Trinajstić information content (AvgIpc) is 3.58. The van der Waals surface area contributed by atoms with E-state index < -0.39 is 0 Å². The second-order valence-electron chi connectivity index (χ2n) is 9.26. The fourth-order valence-corrected chi connectivity index (χ4v) is 5.51. The molecule has 188 valence electrons. The first kappa shape index (κ1) is 23.9. The van der Waals surface area contributed by atoms with Gasteiger partial charge in [0.25, 0.3) is 0 Å². The molecule has 2 N–H and O–H groups in total. The highest BCUT2D eigenvalue weighted by atomic mass is 79.9. The number of rotatable bonds is 5. The number of anilines is 3. The molecule has 2 aromatic heterocycles. The van der Waals surface area contributed by atoms with E-state index in [2.05, 4.69) is 120 Å². The summed E-state index contributed by atoms with van der Waals surface area (Å²) in [6, 6.07) is 39.5. The standard InChI is InChI=1S/C32H21Br2N5/c33-22-10-16-27-29(18-22)37-31(35-27)20-6-12-25(13-7-20)39(24-4-2-1-3-5-24)26-14-8-21(9-15-26)32-36-28-17-11-23(34)19-30(28)38-32/h1-19H,(H,35,37)(H,36,38). The van der Waals surface area contributed by atoms with Gasteiger partial charge in [-0.1, -0.05) is 50.1 Å². The predicted molar refractivity (Wildman–Crippen MR) is 167 cm³/mol. The van der Waals surface area contributed by atoms with Gasteiger partial charge in [0.1, 0.15) is 11.6 Å². The van der Waals surface area contributed by atoms with Crippen LogP contribution in [0.15, 0.2) is 124 Å². The van der Waals surface area contributed by atoms with Gasteiger partial charge in [-0.2, -0.15) is 0 Å². The Labute approximate surface area is 241 Å². The summed E-state index contributed by atoms with van der Waals surface area (Å²) in [5.41, 5.74) is 9.17. The van der Waals surface area contributed by atoms with E-state index >= 15 is 0 Å². The smallest absolute Gasteiger partial charge is 0.138 e. The Hall–Kier alpha value is -4.20. The molecule has 5 nitrogen and oxygen atoms in total. The third kappa shape index (κ3) is 4.64. The monoisotopic (exact) mass is 633 g/mol. The minimum Gasteiger partial charge on any atom is -0.338 e. The van der Waals surface area contributed by atoms with Crippen molar-refractivity contribution in [2.75, 3.05) is 4.90 Å². The molecule has 0 bridgehead atoms. The van der Waals surface area contributed by atoms with Crippen LogP contribution in [0.2, 0.25) is 0 Å². The zero-order chi connectivity index (χ0) is 26.3. The largest absolute Gasteiger partial charge is 0.338 e. The number of aromatic nitrogens is 4. The lowest BCUT2D eigenvalue weighted by molar-refractivity contribution is 1.27. The molecule has 39 heavy (non-hydrogen) atoms. The maximum absolute atomic E-state index is 4.78. The number of benzene rings is 5. The van der Waals surface area contributed by atoms with Gasteiger partial charge in [0.2, 0.25) is 0 Å². The highest BCUT2D eigenvalue weighted by Crippen LogP contribution is 2.36. The minimum atomic E-state index is 0.850. The molecule has 2 heterocycles. The third-order valence-electron chi connectivity index (χ3n) is 6.70. The van der Waals surface area contributed by atoms with Gasteiger partial charge < -0.3 is 14.9 Å². The first-order valence-corrected chi connectivity index (χ1v) is 14.1. The van der Waals surface area contributed by atoms with Gasteiger partial charge >= 0.3 is 0 Å². The second kappa shape index (κ2) is 9.84. The summed E-state index contributed by atoms with van der Waals surface area (Å²) in [6.45, 7) is 0. The van der Waals surface area contributed by atoms with Crippen LogP contribution < -0.4 is 4.90 Å². The average molecular weight is 635 g/mol. The molecule has 7 aromatic rings. The molecule has 0 fully saturated rings. The number of para-hydroxylation sites is 1. The van der Waals surface area contributed by atoms with Crippen LogP contribution in [0.4, 0.5) is 17.1 Å². The predicted octanol–water partition coefficient (Wildman–Crippen LogP) is 9.77. The minimum absolute atomic E-state index is 0.850. The fraction of sp³-hybridized carbons (Fsp3) is 0. The van der Waals surface area contributed by atoms with E-state index in [1.54, 1.807) is 0 Å². The Balaban J connectivity index is 1.23. The molecule has 0 spiro atoms. The molecule has 0 atom stereocenters. The second-order valence-corrected chi connectivity index (χ2v) is 11.1. The van der Waals surface area contributed by atoms with E-state index in [1.165, 1.54) is 0 Å². The van der Waals surface area contributed by atoms with Gasteiger partial charge in [-0.05, 0) is 97.1 Å². The van der Waals surface area contributed by atoms with Crippen molar-refractivity contribution >= 4 is 71.0 Å². The van der Waals surface area contributed by atoms with Crippen molar-refractivity contribution < 1.29 is 0 Å². The molecule has 7 rings (SSSR count). The lowest BCUT2D eigenvalue weighted by atomic mass is 10.1. The molecule has 0 aliphatic heterocycles. The van der Waals surface area contributed by atoms with E-state index in [0.29, 0.717) is 0 Å². The van der Waals surface area contributed by atoms with Crippen LogP contribution in [-0.4, -0.2) is 19.9 Å². The number of imidazole rings is 2. The number of nitrogens with one attached hydrogen (secondary N) is 2. The van der Waals surface area contributed by atoms with Crippen molar-refractivity contribution in [3.63, 3.8) is 0 Å². The summed E-state index contributed by atoms with van der Waals surface area (Å²) in [6.07, 6.45) is 0. The Morgan fingerprint density at radius 1 is 0.487 bits per heavy atom. The number of H-pyrrole nitrogens is 2. The zero-order valence-electron chi connectivity index (χ0n) is 20.6. The van der Waals surface area contributed by atoms with Gasteiger partial charge in [-0.15, -0.1) is 0 Å². The Morgan fingerprint density at radius 3 is 1.69 bits per heavy atom. The third-order valence-corrected chi connectivity index (χ3v) is 7.69. The summed E-state index contributed by atoms with van der Waals surface area (Å²) < 4.78 is 2.04. The molecule has 0 aliphatic rings. The van der Waals surface area contributed by atoms with Crippen molar-refractivity contribution in [2.24, 2.45) is 0 Å². The number of aromatic amines is 2. The number of hydrogen-bond acceptors (Lipinski definition) is 3. The van der Waals surface area contributed by atoms with Crippen LogP contribution in [0.1, 0.15) is 0 Å². The molecule has 0 saturated carbocycles. The van der Waals surface area contributed by atoms with Crippen LogP contribution >= 0.6 is 31.9 Å². The normalized spacial score (nSPS) is 11.3.